The van der Waals surface area contributed by atoms with Gasteiger partial charge in [-0.25, -0.2) is 0 Å². The molecule has 1 fully saturated rings. The van der Waals surface area contributed by atoms with E-state index in [2.05, 4.69) is 27.0 Å². The van der Waals surface area contributed by atoms with Crippen LogP contribution in [0.3, 0.4) is 0 Å². The van der Waals surface area contributed by atoms with Crippen LogP contribution in [0.4, 0.5) is 0 Å². The van der Waals surface area contributed by atoms with Gasteiger partial charge in [0.1, 0.15) is 0 Å². The van der Waals surface area contributed by atoms with Crippen LogP contribution in [-0.4, -0.2) is 4.98 Å². The van der Waals surface area contributed by atoms with Gasteiger partial charge >= 0.3 is 0 Å². The van der Waals surface area contributed by atoms with E-state index in [0.717, 1.165) is 29.4 Å². The van der Waals surface area contributed by atoms with Crippen molar-refractivity contribution in [1.82, 2.24) is 4.98 Å². The molecule has 1 aliphatic rings. The van der Waals surface area contributed by atoms with Gasteiger partial charge in [-0.3, -0.25) is 4.98 Å². The molecule has 3 heteroatoms. The highest BCUT2D eigenvalue weighted by Crippen LogP contribution is 2.39. The second-order valence-electron chi connectivity index (χ2n) is 4.56. The molecule has 0 aromatic carbocycles. The lowest BCUT2D eigenvalue weighted by molar-refractivity contribution is 0.263. The van der Waals surface area contributed by atoms with Crippen molar-refractivity contribution < 1.29 is 0 Å². The van der Waals surface area contributed by atoms with E-state index < -0.39 is 0 Å². The minimum absolute atomic E-state index is 0.172. The van der Waals surface area contributed by atoms with Crippen LogP contribution in [-0.2, 0) is 6.42 Å². The van der Waals surface area contributed by atoms with Gasteiger partial charge in [-0.15, -0.1) is 0 Å². The Balaban J connectivity index is 2.19. The van der Waals surface area contributed by atoms with Gasteiger partial charge in [-0.2, -0.15) is 5.26 Å². The quantitative estimate of drug-likeness (QED) is 0.824. The van der Waals surface area contributed by atoms with E-state index in [4.69, 9.17) is 0 Å². The van der Waals surface area contributed by atoms with Crippen molar-refractivity contribution in [3.8, 4) is 6.07 Å². The monoisotopic (exact) mass is 278 g/mol. The molecule has 0 spiro atoms. The highest BCUT2D eigenvalue weighted by atomic mass is 79.9. The number of hydrogen-bond donors (Lipinski definition) is 0. The lowest BCUT2D eigenvalue weighted by atomic mass is 9.72. The molecule has 16 heavy (non-hydrogen) atoms. The minimum Gasteiger partial charge on any atom is -0.260 e. The third-order valence-electron chi connectivity index (χ3n) is 3.39. The van der Waals surface area contributed by atoms with Crippen molar-refractivity contribution in [3.63, 3.8) is 0 Å². The molecule has 0 atom stereocenters. The van der Waals surface area contributed by atoms with Crippen molar-refractivity contribution in [2.75, 3.05) is 0 Å². The van der Waals surface area contributed by atoms with Gasteiger partial charge in [-0.05, 0) is 40.9 Å². The standard InChI is InChI=1S/C13H15BrN2/c14-11-5-4-8-16-12(11)9-13(10-15)6-2-1-3-7-13/h4-5,8H,1-3,6-7,9H2. The average Bonchev–Trinajstić information content (AvgIpc) is 2.33. The molecule has 0 unspecified atom stereocenters. The number of halogens is 1. The summed E-state index contributed by atoms with van der Waals surface area (Å²) >= 11 is 3.50. The number of nitriles is 1. The fraction of sp³-hybridized carbons (Fsp3) is 0.538. The second-order valence-corrected chi connectivity index (χ2v) is 5.42. The van der Waals surface area contributed by atoms with Crippen molar-refractivity contribution in [3.05, 3.63) is 28.5 Å². The molecule has 0 amide bonds. The molecular weight excluding hydrogens is 264 g/mol. The summed E-state index contributed by atoms with van der Waals surface area (Å²) in [6, 6.07) is 6.44. The van der Waals surface area contributed by atoms with Gasteiger partial charge in [0.25, 0.3) is 0 Å². The SMILES string of the molecule is N#CC1(Cc2ncccc2Br)CCCCC1. The van der Waals surface area contributed by atoms with Crippen LogP contribution in [0.5, 0.6) is 0 Å². The molecule has 0 N–H and O–H groups in total. The molecule has 1 aromatic rings. The Morgan fingerprint density at radius 3 is 2.75 bits per heavy atom. The van der Waals surface area contributed by atoms with Crippen LogP contribution in [0.1, 0.15) is 37.8 Å². The zero-order valence-electron chi connectivity index (χ0n) is 9.25. The predicted molar refractivity (Wildman–Crippen MR) is 66.8 cm³/mol. The van der Waals surface area contributed by atoms with Gasteiger partial charge in [0.05, 0.1) is 17.2 Å². The second kappa shape index (κ2) is 4.97. The summed E-state index contributed by atoms with van der Waals surface area (Å²) in [7, 11) is 0. The van der Waals surface area contributed by atoms with Gasteiger partial charge < -0.3 is 0 Å². The first-order valence-electron chi connectivity index (χ1n) is 5.76. The van der Waals surface area contributed by atoms with Crippen LogP contribution in [0.25, 0.3) is 0 Å². The van der Waals surface area contributed by atoms with E-state index in [0.29, 0.717) is 0 Å². The summed E-state index contributed by atoms with van der Waals surface area (Å²) in [6.45, 7) is 0. The normalized spacial score (nSPS) is 19.0. The molecule has 1 saturated carbocycles. The van der Waals surface area contributed by atoms with Crippen LogP contribution < -0.4 is 0 Å². The minimum atomic E-state index is -0.172. The smallest absolute Gasteiger partial charge is 0.0693 e. The molecule has 0 saturated heterocycles. The van der Waals surface area contributed by atoms with Crippen LogP contribution >= 0.6 is 15.9 Å². The summed E-state index contributed by atoms with van der Waals surface area (Å²) in [5, 5.41) is 9.40. The highest BCUT2D eigenvalue weighted by molar-refractivity contribution is 9.10. The number of pyridine rings is 1. The number of rotatable bonds is 2. The summed E-state index contributed by atoms with van der Waals surface area (Å²) in [5.74, 6) is 0. The first-order chi connectivity index (χ1) is 7.76. The zero-order valence-corrected chi connectivity index (χ0v) is 10.8. The van der Waals surface area contributed by atoms with E-state index in [1.807, 2.05) is 12.1 Å². The predicted octanol–water partition coefficient (Wildman–Crippen LogP) is 3.86. The lowest BCUT2D eigenvalue weighted by Crippen LogP contribution is -2.25. The van der Waals surface area contributed by atoms with Crippen LogP contribution in [0.2, 0.25) is 0 Å². The van der Waals surface area contributed by atoms with E-state index in [1.165, 1.54) is 19.3 Å². The van der Waals surface area contributed by atoms with Gasteiger partial charge in [-0.1, -0.05) is 19.3 Å². The molecule has 2 nitrogen and oxygen atoms in total. The Morgan fingerprint density at radius 2 is 2.12 bits per heavy atom. The van der Waals surface area contributed by atoms with Crippen LogP contribution in [0.15, 0.2) is 22.8 Å². The third kappa shape index (κ3) is 2.44. The van der Waals surface area contributed by atoms with Gasteiger partial charge in [0.2, 0.25) is 0 Å². The van der Waals surface area contributed by atoms with Gasteiger partial charge in [0.15, 0.2) is 0 Å². The molecule has 0 aliphatic heterocycles. The van der Waals surface area contributed by atoms with Crippen molar-refractivity contribution in [2.24, 2.45) is 5.41 Å². The average molecular weight is 279 g/mol. The maximum Gasteiger partial charge on any atom is 0.0693 e. The Labute approximate surface area is 105 Å². The first-order valence-corrected chi connectivity index (χ1v) is 6.56. The topological polar surface area (TPSA) is 36.7 Å². The maximum atomic E-state index is 9.40. The fourth-order valence-corrected chi connectivity index (χ4v) is 2.82. The Morgan fingerprint density at radius 1 is 1.38 bits per heavy atom. The summed E-state index contributed by atoms with van der Waals surface area (Å²) < 4.78 is 1.02. The van der Waals surface area contributed by atoms with E-state index in [9.17, 15) is 5.26 Å². The molecule has 0 bridgehead atoms. The molecule has 1 heterocycles. The molecule has 1 aromatic heterocycles. The summed E-state index contributed by atoms with van der Waals surface area (Å²) in [6.07, 6.45) is 8.25. The van der Waals surface area contributed by atoms with Crippen molar-refractivity contribution >= 4 is 15.9 Å². The molecule has 1 aliphatic carbocycles. The lowest BCUT2D eigenvalue weighted by Gasteiger charge is -2.30. The maximum absolute atomic E-state index is 9.40. The largest absolute Gasteiger partial charge is 0.260 e. The van der Waals surface area contributed by atoms with Gasteiger partial charge in [0, 0.05) is 17.1 Å². The number of aromatic nitrogens is 1. The zero-order chi connectivity index (χ0) is 11.4. The van der Waals surface area contributed by atoms with Crippen LogP contribution in [0, 0.1) is 16.7 Å². The fourth-order valence-electron chi connectivity index (χ4n) is 2.43. The molecule has 2 rings (SSSR count). The Kier molecular flexibility index (Phi) is 3.60. The number of nitrogens with zero attached hydrogens (tertiary/aromatic N) is 2. The summed E-state index contributed by atoms with van der Waals surface area (Å²) in [4.78, 5) is 4.37. The van der Waals surface area contributed by atoms with Crippen molar-refractivity contribution in [2.45, 2.75) is 38.5 Å². The number of hydrogen-bond acceptors (Lipinski definition) is 2. The molecule has 84 valence electrons. The Hall–Kier alpha value is -0.880. The van der Waals surface area contributed by atoms with E-state index in [-0.39, 0.29) is 5.41 Å². The summed E-state index contributed by atoms with van der Waals surface area (Å²) in [5.41, 5.74) is 0.848. The van der Waals surface area contributed by atoms with E-state index >= 15 is 0 Å². The first kappa shape index (κ1) is 11.6. The van der Waals surface area contributed by atoms with Crippen molar-refractivity contribution in [1.29, 1.82) is 5.26 Å². The third-order valence-corrected chi connectivity index (χ3v) is 4.11. The molecular formula is C13H15BrN2. The highest BCUT2D eigenvalue weighted by Gasteiger charge is 2.33. The van der Waals surface area contributed by atoms with E-state index in [1.54, 1.807) is 6.20 Å². The molecule has 0 radical (unpaired) electrons. The Bertz CT molecular complexity index is 403.